The Morgan fingerprint density at radius 2 is 0.660 bits per heavy atom. The Kier molecular flexibility index (Phi) is 18.6. The van der Waals surface area contributed by atoms with Gasteiger partial charge in [-0.25, -0.2) is 0 Å². The van der Waals surface area contributed by atoms with Gasteiger partial charge in [0.15, 0.2) is 0 Å². The lowest BCUT2D eigenvalue weighted by molar-refractivity contribution is -0.167. The van der Waals surface area contributed by atoms with Crippen LogP contribution in [0.2, 0.25) is 0 Å². The van der Waals surface area contributed by atoms with Crippen molar-refractivity contribution >= 4 is 0 Å². The number of piperidine rings is 1. The van der Waals surface area contributed by atoms with E-state index in [-0.39, 0.29) is 29.7 Å². The van der Waals surface area contributed by atoms with Crippen molar-refractivity contribution in [2.45, 2.75) is 206 Å². The minimum Gasteiger partial charge on any atom is -0.297 e. The highest BCUT2D eigenvalue weighted by molar-refractivity contribution is 5.10. The Morgan fingerprint density at radius 1 is 0.360 bits per heavy atom. The summed E-state index contributed by atoms with van der Waals surface area (Å²) in [7, 11) is 0. The second kappa shape index (κ2) is 17.9. The van der Waals surface area contributed by atoms with Gasteiger partial charge in [-0.05, 0) is 156 Å². The van der Waals surface area contributed by atoms with Crippen LogP contribution in [0.1, 0.15) is 167 Å². The molecule has 0 bridgehead atoms. The first-order valence-corrected chi connectivity index (χ1v) is 19.1. The van der Waals surface area contributed by atoms with Crippen molar-refractivity contribution in [1.82, 2.24) is 29.4 Å². The molecule has 0 aliphatic carbocycles. The van der Waals surface area contributed by atoms with Crippen LogP contribution in [-0.4, -0.2) is 141 Å². The van der Waals surface area contributed by atoms with Crippen LogP contribution < -0.4 is 0 Å². The van der Waals surface area contributed by atoms with Crippen molar-refractivity contribution in [3.8, 4) is 0 Å². The van der Waals surface area contributed by atoms with Crippen molar-refractivity contribution in [2.24, 2.45) is 11.3 Å². The number of hydrogen-bond acceptors (Lipinski definition) is 6. The molecule has 0 N–H and O–H groups in total. The molecule has 0 aromatic rings. The molecule has 6 nitrogen and oxygen atoms in total. The summed E-state index contributed by atoms with van der Waals surface area (Å²) in [5, 5.41) is 0. The van der Waals surface area contributed by atoms with Gasteiger partial charge in [0, 0.05) is 104 Å². The van der Waals surface area contributed by atoms with Crippen molar-refractivity contribution in [3.63, 3.8) is 0 Å². The van der Waals surface area contributed by atoms with Crippen LogP contribution in [0.3, 0.4) is 0 Å². The Labute approximate surface area is 318 Å². The molecule has 2 unspecified atom stereocenters. The summed E-state index contributed by atoms with van der Waals surface area (Å²) in [4.78, 5) is 15.8. The van der Waals surface area contributed by atoms with E-state index in [0.717, 1.165) is 12.0 Å². The average Bonchev–Trinajstić information content (AvgIpc) is 3.24. The molecule has 5 heterocycles. The van der Waals surface area contributed by atoms with E-state index in [1.54, 1.807) is 0 Å². The highest BCUT2D eigenvalue weighted by Gasteiger charge is 2.55. The lowest BCUT2D eigenvalue weighted by Gasteiger charge is -2.66. The molecule has 5 rings (SSSR count). The smallest absolute Gasteiger partial charge is 0.0257 e. The van der Waals surface area contributed by atoms with Gasteiger partial charge in [-0.1, -0.05) is 29.7 Å². The maximum atomic E-state index is 2.75. The molecule has 2 atom stereocenters. The molecule has 304 valence electrons. The van der Waals surface area contributed by atoms with Crippen LogP contribution in [-0.2, 0) is 0 Å². The van der Waals surface area contributed by atoms with E-state index >= 15 is 0 Å². The van der Waals surface area contributed by atoms with E-state index in [9.17, 15) is 0 Å². The van der Waals surface area contributed by atoms with Gasteiger partial charge in [0.05, 0.1) is 0 Å². The summed E-state index contributed by atoms with van der Waals surface area (Å²) < 4.78 is 0. The van der Waals surface area contributed by atoms with Gasteiger partial charge in [-0.2, -0.15) is 0 Å². The summed E-state index contributed by atoms with van der Waals surface area (Å²) in [6, 6.07) is 0.794. The molecule has 5 aliphatic heterocycles. The minimum absolute atomic E-state index is 0. The number of rotatable bonds is 0. The number of nitrogens with zero attached hydrogens (tertiary/aromatic N) is 6. The minimum atomic E-state index is 0. The van der Waals surface area contributed by atoms with Crippen molar-refractivity contribution in [2.75, 3.05) is 72.0 Å². The van der Waals surface area contributed by atoms with Gasteiger partial charge in [0.25, 0.3) is 0 Å². The summed E-state index contributed by atoms with van der Waals surface area (Å²) in [5.41, 5.74) is 2.73. The topological polar surface area (TPSA) is 19.4 Å². The highest BCUT2D eigenvalue weighted by Crippen LogP contribution is 2.45. The van der Waals surface area contributed by atoms with Crippen LogP contribution >= 0.6 is 0 Å². The number of hydrogen-bond donors (Lipinski definition) is 0. The highest BCUT2D eigenvalue weighted by atomic mass is 15.4. The van der Waals surface area contributed by atoms with E-state index in [4.69, 9.17) is 0 Å². The van der Waals surface area contributed by atoms with E-state index < -0.39 is 0 Å². The van der Waals surface area contributed by atoms with Gasteiger partial charge in [-0.3, -0.25) is 29.4 Å². The second-order valence-electron chi connectivity index (χ2n) is 21.8. The first-order chi connectivity index (χ1) is 20.5. The average molecular weight is 711 g/mol. The normalized spacial score (nSPS) is 25.8. The third kappa shape index (κ3) is 13.6. The zero-order valence-electron chi connectivity index (χ0n) is 34.5. The second-order valence-corrected chi connectivity index (χ2v) is 21.8. The number of fused-ring (bicyclic) bond motifs is 1. The molecule has 1 spiro atoms. The summed E-state index contributed by atoms with van der Waals surface area (Å²) >= 11 is 0. The lowest BCUT2D eigenvalue weighted by atomic mass is 9.69. The third-order valence-corrected chi connectivity index (χ3v) is 11.9. The Hall–Kier alpha value is -0.240. The van der Waals surface area contributed by atoms with Gasteiger partial charge in [-0.15, -0.1) is 0 Å². The zero-order valence-corrected chi connectivity index (χ0v) is 34.5. The van der Waals surface area contributed by atoms with E-state index in [2.05, 4.69) is 154 Å². The van der Waals surface area contributed by atoms with Crippen LogP contribution in [0, 0.1) is 11.3 Å². The van der Waals surface area contributed by atoms with Crippen molar-refractivity contribution in [3.05, 3.63) is 0 Å². The Bertz CT molecular complexity index is 890. The fraction of sp³-hybridized carbons (Fsp3) is 1.00. The summed E-state index contributed by atoms with van der Waals surface area (Å²) in [6.07, 6.45) is 2.81. The molecule has 0 saturated carbocycles. The first-order valence-electron chi connectivity index (χ1n) is 19.1. The third-order valence-electron chi connectivity index (χ3n) is 11.9. The Balaban J connectivity index is 0. The maximum absolute atomic E-state index is 2.75. The molecular formula is C44H98N6. The summed E-state index contributed by atoms with van der Waals surface area (Å²) in [5.74, 6) is 0.952. The van der Waals surface area contributed by atoms with E-state index in [0.29, 0.717) is 38.6 Å². The van der Waals surface area contributed by atoms with Crippen molar-refractivity contribution < 1.29 is 0 Å². The fourth-order valence-corrected chi connectivity index (χ4v) is 8.31. The van der Waals surface area contributed by atoms with Gasteiger partial charge < -0.3 is 0 Å². The van der Waals surface area contributed by atoms with Crippen LogP contribution in [0.4, 0.5) is 0 Å². The van der Waals surface area contributed by atoms with Gasteiger partial charge in [0.1, 0.15) is 0 Å². The maximum Gasteiger partial charge on any atom is 0.0257 e. The molecule has 0 aromatic carbocycles. The predicted octanol–water partition coefficient (Wildman–Crippen LogP) is 9.93. The van der Waals surface area contributed by atoms with E-state index in [1.807, 2.05) is 0 Å². The summed E-state index contributed by atoms with van der Waals surface area (Å²) in [6.45, 7) is 55.8. The molecule has 5 saturated heterocycles. The van der Waals surface area contributed by atoms with Gasteiger partial charge in [0.2, 0.25) is 0 Å². The molecule has 50 heavy (non-hydrogen) atoms. The largest absolute Gasteiger partial charge is 0.297 e. The Morgan fingerprint density at radius 3 is 0.940 bits per heavy atom. The standard InChI is InChI=1S/C15H30N2.C13H26N2.C12H26N2.4CH4/c1-14(2,3)16-9-7-12-8-10-17(13(12)11-16)15(4,5)6;1-11(2,3)14-7-13(8-14)9-15(10-13)12(4,5)6;1-11(2,3)13-7-9-14(10-8-13)12(4,5)6;;;;/h12-13H,7-11H2,1-6H3;7-10H2,1-6H3;7-10H2,1-6H3;4*1H4. The van der Waals surface area contributed by atoms with Crippen molar-refractivity contribution in [1.29, 1.82) is 0 Å². The molecule has 5 fully saturated rings. The number of piperazine rings is 1. The van der Waals surface area contributed by atoms with Crippen LogP contribution in [0.15, 0.2) is 0 Å². The fourth-order valence-electron chi connectivity index (χ4n) is 8.31. The molecule has 0 amide bonds. The van der Waals surface area contributed by atoms with E-state index in [1.165, 1.54) is 84.8 Å². The first kappa shape index (κ1) is 51.9. The zero-order chi connectivity index (χ0) is 35.3. The number of likely N-dealkylation sites (tertiary alicyclic amines) is 4. The molecule has 5 aliphatic rings. The van der Waals surface area contributed by atoms with Gasteiger partial charge >= 0.3 is 0 Å². The quantitative estimate of drug-likeness (QED) is 0.248. The monoisotopic (exact) mass is 711 g/mol. The SMILES string of the molecule is C.C.C.C.CC(C)(C)N1CC2(C1)CN(C(C)(C)C)C2.CC(C)(C)N1CCC2CCN(C(C)(C)C)C2C1.CC(C)(C)N1CCN(C(C)(C)C)CC1. The predicted molar refractivity (Wildman–Crippen MR) is 229 cm³/mol. The molecule has 0 radical (unpaired) electrons. The molecule has 0 aromatic heterocycles. The van der Waals surface area contributed by atoms with Crippen LogP contribution in [0.25, 0.3) is 0 Å². The molecule has 6 heteroatoms. The van der Waals surface area contributed by atoms with Crippen LogP contribution in [0.5, 0.6) is 0 Å². The lowest BCUT2D eigenvalue weighted by Crippen LogP contribution is -2.76. The molecular weight excluding hydrogens is 613 g/mol.